The molecule has 0 fully saturated rings. The van der Waals surface area contributed by atoms with Gasteiger partial charge in [-0.05, 0) is 25.2 Å². The minimum absolute atomic E-state index is 0.289. The summed E-state index contributed by atoms with van der Waals surface area (Å²) < 4.78 is 10.3. The molecule has 0 aliphatic rings. The highest BCUT2D eigenvalue weighted by atomic mass is 35.5. The zero-order chi connectivity index (χ0) is 10.8. The van der Waals surface area contributed by atoms with Gasteiger partial charge in [0.2, 0.25) is 0 Å². The lowest BCUT2D eigenvalue weighted by atomic mass is 10.1. The number of hydrogen-bond donors (Lipinski definition) is 0. The summed E-state index contributed by atoms with van der Waals surface area (Å²) in [5.74, 6) is 0.560. The van der Waals surface area contributed by atoms with E-state index < -0.39 is 0 Å². The summed E-state index contributed by atoms with van der Waals surface area (Å²) in [6, 6.07) is 0. The Bertz CT molecular complexity index is 118. The molecule has 86 valence electrons. The molecule has 3 heteroatoms. The van der Waals surface area contributed by atoms with Crippen molar-refractivity contribution in [2.45, 2.75) is 38.5 Å². The van der Waals surface area contributed by atoms with Gasteiger partial charge in [0.15, 0.2) is 0 Å². The molecule has 0 aliphatic heterocycles. The molecule has 0 bridgehead atoms. The Hall–Kier alpha value is 0.210. The minimum atomic E-state index is 0.289. The molecule has 0 aromatic rings. The van der Waals surface area contributed by atoms with Gasteiger partial charge in [0, 0.05) is 32.3 Å². The van der Waals surface area contributed by atoms with Gasteiger partial charge in [-0.2, -0.15) is 0 Å². The maximum Gasteiger partial charge on any atom is 0.0487 e. The molecule has 0 heterocycles. The van der Waals surface area contributed by atoms with Gasteiger partial charge in [0.25, 0.3) is 0 Å². The van der Waals surface area contributed by atoms with Crippen LogP contribution in [0, 0.1) is 5.92 Å². The van der Waals surface area contributed by atoms with Crippen molar-refractivity contribution >= 4 is 11.6 Å². The van der Waals surface area contributed by atoms with Gasteiger partial charge in [-0.1, -0.05) is 13.8 Å². The monoisotopic (exact) mass is 222 g/mol. The minimum Gasteiger partial charge on any atom is -0.385 e. The van der Waals surface area contributed by atoms with Crippen LogP contribution in [0.2, 0.25) is 0 Å². The molecule has 0 radical (unpaired) electrons. The largest absolute Gasteiger partial charge is 0.385 e. The number of methoxy groups -OCH3 is 1. The van der Waals surface area contributed by atoms with Gasteiger partial charge in [0.1, 0.15) is 0 Å². The third kappa shape index (κ3) is 8.79. The standard InChI is InChI=1S/C11H23ClO2/c1-10(2)11(12)6-4-8-14-9-5-7-13-3/h10-11H,4-9H2,1-3H3. The van der Waals surface area contributed by atoms with Crippen LogP contribution in [0.5, 0.6) is 0 Å². The van der Waals surface area contributed by atoms with Crippen molar-refractivity contribution in [3.05, 3.63) is 0 Å². The van der Waals surface area contributed by atoms with Crippen molar-refractivity contribution in [3.8, 4) is 0 Å². The van der Waals surface area contributed by atoms with Crippen molar-refractivity contribution in [3.63, 3.8) is 0 Å². The first-order chi connectivity index (χ1) is 6.68. The first-order valence-corrected chi connectivity index (χ1v) is 5.83. The molecule has 0 aromatic heterocycles. The Morgan fingerprint density at radius 3 is 2.29 bits per heavy atom. The Kier molecular flexibility index (Phi) is 9.90. The fourth-order valence-corrected chi connectivity index (χ4v) is 1.28. The molecule has 14 heavy (non-hydrogen) atoms. The molecule has 0 saturated heterocycles. The van der Waals surface area contributed by atoms with E-state index in [1.165, 1.54) is 0 Å². The van der Waals surface area contributed by atoms with E-state index in [2.05, 4.69) is 13.8 Å². The average Bonchev–Trinajstić information content (AvgIpc) is 2.16. The summed E-state index contributed by atoms with van der Waals surface area (Å²) in [7, 11) is 1.71. The van der Waals surface area contributed by atoms with Crippen LogP contribution < -0.4 is 0 Å². The quantitative estimate of drug-likeness (QED) is 0.441. The van der Waals surface area contributed by atoms with Crippen LogP contribution in [0.4, 0.5) is 0 Å². The summed E-state index contributed by atoms with van der Waals surface area (Å²) in [5.41, 5.74) is 0. The Balaban J connectivity index is 3.06. The lowest BCUT2D eigenvalue weighted by Gasteiger charge is -2.12. The van der Waals surface area contributed by atoms with Gasteiger partial charge >= 0.3 is 0 Å². The lowest BCUT2D eigenvalue weighted by Crippen LogP contribution is -2.09. The van der Waals surface area contributed by atoms with E-state index in [0.29, 0.717) is 5.92 Å². The maximum atomic E-state index is 6.10. The second kappa shape index (κ2) is 9.75. The van der Waals surface area contributed by atoms with Gasteiger partial charge in [-0.25, -0.2) is 0 Å². The van der Waals surface area contributed by atoms with Crippen LogP contribution in [0.25, 0.3) is 0 Å². The third-order valence-electron chi connectivity index (χ3n) is 2.13. The smallest absolute Gasteiger partial charge is 0.0487 e. The zero-order valence-corrected chi connectivity index (χ0v) is 10.3. The van der Waals surface area contributed by atoms with Gasteiger partial charge in [0.05, 0.1) is 0 Å². The Labute approximate surface area is 92.9 Å². The fraction of sp³-hybridized carbons (Fsp3) is 1.00. The predicted molar refractivity (Wildman–Crippen MR) is 61.0 cm³/mol. The van der Waals surface area contributed by atoms with Gasteiger partial charge < -0.3 is 9.47 Å². The molecule has 0 spiro atoms. The van der Waals surface area contributed by atoms with Crippen LogP contribution in [-0.2, 0) is 9.47 Å². The second-order valence-electron chi connectivity index (χ2n) is 3.86. The summed E-state index contributed by atoms with van der Waals surface area (Å²) in [4.78, 5) is 0. The van der Waals surface area contributed by atoms with Crippen LogP contribution >= 0.6 is 11.6 Å². The van der Waals surface area contributed by atoms with E-state index in [4.69, 9.17) is 21.1 Å². The number of rotatable bonds is 9. The molecule has 0 aliphatic carbocycles. The highest BCUT2D eigenvalue weighted by Crippen LogP contribution is 2.15. The normalized spacial score (nSPS) is 13.5. The van der Waals surface area contributed by atoms with E-state index in [-0.39, 0.29) is 5.38 Å². The van der Waals surface area contributed by atoms with E-state index in [0.717, 1.165) is 39.1 Å². The van der Waals surface area contributed by atoms with Crippen LogP contribution in [0.1, 0.15) is 33.1 Å². The number of ether oxygens (including phenoxy) is 2. The summed E-state index contributed by atoms with van der Waals surface area (Å²) in [5, 5.41) is 0.289. The molecule has 0 rings (SSSR count). The molecule has 0 saturated carbocycles. The van der Waals surface area contributed by atoms with Crippen molar-refractivity contribution in [1.29, 1.82) is 0 Å². The first kappa shape index (κ1) is 14.2. The van der Waals surface area contributed by atoms with Crippen LogP contribution in [0.3, 0.4) is 0 Å². The number of halogens is 1. The van der Waals surface area contributed by atoms with Gasteiger partial charge in [-0.15, -0.1) is 11.6 Å². The maximum absolute atomic E-state index is 6.10. The van der Waals surface area contributed by atoms with E-state index in [1.54, 1.807) is 7.11 Å². The molecule has 1 unspecified atom stereocenters. The molecule has 1 atom stereocenters. The summed E-state index contributed by atoms with van der Waals surface area (Å²) in [6.45, 7) is 6.69. The number of alkyl halides is 1. The Morgan fingerprint density at radius 1 is 1.07 bits per heavy atom. The lowest BCUT2D eigenvalue weighted by molar-refractivity contribution is 0.0999. The highest BCUT2D eigenvalue weighted by molar-refractivity contribution is 6.20. The average molecular weight is 223 g/mol. The SMILES string of the molecule is COCCCOCCCC(Cl)C(C)C. The van der Waals surface area contributed by atoms with Crippen molar-refractivity contribution < 1.29 is 9.47 Å². The van der Waals surface area contributed by atoms with Crippen molar-refractivity contribution in [2.75, 3.05) is 26.9 Å². The number of hydrogen-bond acceptors (Lipinski definition) is 2. The summed E-state index contributed by atoms with van der Waals surface area (Å²) >= 11 is 6.10. The van der Waals surface area contributed by atoms with Crippen molar-refractivity contribution in [1.82, 2.24) is 0 Å². The van der Waals surface area contributed by atoms with Crippen molar-refractivity contribution in [2.24, 2.45) is 5.92 Å². The van der Waals surface area contributed by atoms with E-state index in [1.807, 2.05) is 0 Å². The van der Waals surface area contributed by atoms with E-state index >= 15 is 0 Å². The molecular formula is C11H23ClO2. The zero-order valence-electron chi connectivity index (χ0n) is 9.59. The fourth-order valence-electron chi connectivity index (χ4n) is 1.12. The highest BCUT2D eigenvalue weighted by Gasteiger charge is 2.08. The third-order valence-corrected chi connectivity index (χ3v) is 2.85. The molecule has 0 amide bonds. The molecular weight excluding hydrogens is 200 g/mol. The second-order valence-corrected chi connectivity index (χ2v) is 4.42. The predicted octanol–water partition coefficient (Wildman–Crippen LogP) is 3.08. The molecule has 0 N–H and O–H groups in total. The Morgan fingerprint density at radius 2 is 1.71 bits per heavy atom. The molecule has 0 aromatic carbocycles. The van der Waals surface area contributed by atoms with E-state index in [9.17, 15) is 0 Å². The topological polar surface area (TPSA) is 18.5 Å². The van der Waals surface area contributed by atoms with Gasteiger partial charge in [-0.3, -0.25) is 0 Å². The summed E-state index contributed by atoms with van der Waals surface area (Å²) in [6.07, 6.45) is 3.08. The first-order valence-electron chi connectivity index (χ1n) is 5.39. The van der Waals surface area contributed by atoms with Crippen LogP contribution in [-0.4, -0.2) is 32.3 Å². The molecule has 2 nitrogen and oxygen atoms in total. The van der Waals surface area contributed by atoms with Crippen LogP contribution in [0.15, 0.2) is 0 Å².